The van der Waals surface area contributed by atoms with Crippen LogP contribution < -0.4 is 5.32 Å². The third-order valence-corrected chi connectivity index (χ3v) is 3.96. The Morgan fingerprint density at radius 2 is 2.20 bits per heavy atom. The monoisotopic (exact) mass is 273 g/mol. The molecule has 1 aliphatic carbocycles. The van der Waals surface area contributed by atoms with Crippen LogP contribution in [0.4, 0.5) is 4.39 Å². The summed E-state index contributed by atoms with van der Waals surface area (Å²) in [7, 11) is 0. The molecule has 0 saturated carbocycles. The highest BCUT2D eigenvalue weighted by Crippen LogP contribution is 2.30. The van der Waals surface area contributed by atoms with Crippen LogP contribution in [0.25, 0.3) is 5.69 Å². The van der Waals surface area contributed by atoms with Crippen molar-refractivity contribution in [2.45, 2.75) is 38.6 Å². The Morgan fingerprint density at radius 1 is 1.35 bits per heavy atom. The number of fused-ring (bicyclic) bond motifs is 1. The van der Waals surface area contributed by atoms with Crippen LogP contribution in [0.1, 0.15) is 43.5 Å². The van der Waals surface area contributed by atoms with E-state index in [1.807, 2.05) is 12.3 Å². The van der Waals surface area contributed by atoms with Gasteiger partial charge in [-0.1, -0.05) is 25.5 Å². The van der Waals surface area contributed by atoms with Gasteiger partial charge in [-0.05, 0) is 37.9 Å². The summed E-state index contributed by atoms with van der Waals surface area (Å²) in [6.07, 6.45) is 6.33. The molecule has 3 rings (SSSR count). The Hall–Kier alpha value is -1.68. The van der Waals surface area contributed by atoms with Crippen molar-refractivity contribution in [1.82, 2.24) is 15.1 Å². The molecule has 0 fully saturated rings. The average Bonchev–Trinajstić information content (AvgIpc) is 2.76. The molecule has 0 radical (unpaired) electrons. The second-order valence-electron chi connectivity index (χ2n) is 5.27. The Morgan fingerprint density at radius 3 is 3.00 bits per heavy atom. The smallest absolute Gasteiger partial charge is 0.148 e. The topological polar surface area (TPSA) is 29.9 Å². The van der Waals surface area contributed by atoms with Crippen molar-refractivity contribution in [3.8, 4) is 5.69 Å². The molecule has 1 aromatic heterocycles. The van der Waals surface area contributed by atoms with Gasteiger partial charge in [0.25, 0.3) is 0 Å². The summed E-state index contributed by atoms with van der Waals surface area (Å²) in [6.45, 7) is 3.06. The molecule has 0 saturated heterocycles. The van der Waals surface area contributed by atoms with Crippen LogP contribution in [0.5, 0.6) is 0 Å². The number of para-hydroxylation sites is 1. The minimum absolute atomic E-state index is 0.220. The van der Waals surface area contributed by atoms with Gasteiger partial charge in [0.05, 0.1) is 6.20 Å². The van der Waals surface area contributed by atoms with E-state index in [1.165, 1.54) is 18.1 Å². The zero-order chi connectivity index (χ0) is 13.9. The summed E-state index contributed by atoms with van der Waals surface area (Å²) in [5.41, 5.74) is 2.93. The standard InChI is InChI=1S/C16H20FN3/c1-2-18-14-8-4-6-9-15-12(14)11-19-20(15)16-10-5-3-7-13(16)17/h3,5,7,10-11,14,18H,2,4,6,8-9H2,1H3. The molecule has 0 aliphatic heterocycles. The summed E-state index contributed by atoms with van der Waals surface area (Å²) < 4.78 is 15.8. The quantitative estimate of drug-likeness (QED) is 0.869. The highest BCUT2D eigenvalue weighted by Gasteiger charge is 2.23. The predicted octanol–water partition coefficient (Wildman–Crippen LogP) is 3.39. The SMILES string of the molecule is CCNC1CCCCc2c1cnn2-c1ccccc1F. The maximum absolute atomic E-state index is 14.0. The second-order valence-corrected chi connectivity index (χ2v) is 5.27. The van der Waals surface area contributed by atoms with E-state index < -0.39 is 0 Å². The van der Waals surface area contributed by atoms with E-state index in [9.17, 15) is 4.39 Å². The average molecular weight is 273 g/mol. The molecule has 20 heavy (non-hydrogen) atoms. The summed E-state index contributed by atoms with van der Waals surface area (Å²) in [4.78, 5) is 0. The van der Waals surface area contributed by atoms with Crippen molar-refractivity contribution in [2.24, 2.45) is 0 Å². The Labute approximate surface area is 118 Å². The minimum Gasteiger partial charge on any atom is -0.310 e. The van der Waals surface area contributed by atoms with Gasteiger partial charge in [0, 0.05) is 17.3 Å². The first-order valence-corrected chi connectivity index (χ1v) is 7.36. The van der Waals surface area contributed by atoms with E-state index in [0.29, 0.717) is 11.7 Å². The lowest BCUT2D eigenvalue weighted by atomic mass is 10.1. The van der Waals surface area contributed by atoms with Crippen molar-refractivity contribution in [3.63, 3.8) is 0 Å². The van der Waals surface area contributed by atoms with Crippen LogP contribution in [0.3, 0.4) is 0 Å². The van der Waals surface area contributed by atoms with Gasteiger partial charge in [-0.2, -0.15) is 5.10 Å². The third kappa shape index (κ3) is 2.36. The van der Waals surface area contributed by atoms with Crippen molar-refractivity contribution >= 4 is 0 Å². The fourth-order valence-electron chi connectivity index (χ4n) is 3.01. The first kappa shape index (κ1) is 13.3. The lowest BCUT2D eigenvalue weighted by molar-refractivity contribution is 0.503. The van der Waals surface area contributed by atoms with Crippen LogP contribution in [0.15, 0.2) is 30.5 Å². The fraction of sp³-hybridized carbons (Fsp3) is 0.438. The van der Waals surface area contributed by atoms with Crippen LogP contribution in [-0.4, -0.2) is 16.3 Å². The van der Waals surface area contributed by atoms with Crippen molar-refractivity contribution in [2.75, 3.05) is 6.54 Å². The summed E-state index contributed by atoms with van der Waals surface area (Å²) in [5.74, 6) is -0.220. The fourth-order valence-corrected chi connectivity index (χ4v) is 3.01. The molecule has 1 heterocycles. The van der Waals surface area contributed by atoms with Gasteiger partial charge in [0.15, 0.2) is 0 Å². The van der Waals surface area contributed by atoms with E-state index in [-0.39, 0.29) is 5.82 Å². The van der Waals surface area contributed by atoms with E-state index in [4.69, 9.17) is 0 Å². The normalized spacial score (nSPS) is 18.6. The summed E-state index contributed by atoms with van der Waals surface area (Å²) in [5, 5.41) is 7.95. The van der Waals surface area contributed by atoms with Gasteiger partial charge in [-0.25, -0.2) is 9.07 Å². The molecule has 0 bridgehead atoms. The molecule has 4 heteroatoms. The summed E-state index contributed by atoms with van der Waals surface area (Å²) >= 11 is 0. The Bertz CT molecular complexity index is 591. The number of nitrogens with zero attached hydrogens (tertiary/aromatic N) is 2. The van der Waals surface area contributed by atoms with Crippen molar-refractivity contribution in [1.29, 1.82) is 0 Å². The minimum atomic E-state index is -0.220. The zero-order valence-corrected chi connectivity index (χ0v) is 11.8. The van der Waals surface area contributed by atoms with E-state index in [1.54, 1.807) is 16.8 Å². The largest absolute Gasteiger partial charge is 0.310 e. The predicted molar refractivity (Wildman–Crippen MR) is 77.5 cm³/mol. The highest BCUT2D eigenvalue weighted by atomic mass is 19.1. The molecule has 0 amide bonds. The molecule has 1 N–H and O–H groups in total. The number of benzene rings is 1. The number of hydrogen-bond donors (Lipinski definition) is 1. The first-order chi connectivity index (χ1) is 9.81. The highest BCUT2D eigenvalue weighted by molar-refractivity contribution is 5.37. The summed E-state index contributed by atoms with van der Waals surface area (Å²) in [6, 6.07) is 7.18. The Balaban J connectivity index is 2.05. The molecule has 1 aromatic carbocycles. The van der Waals surface area contributed by atoms with Crippen LogP contribution in [-0.2, 0) is 6.42 Å². The lowest BCUT2D eigenvalue weighted by Crippen LogP contribution is -2.20. The Kier molecular flexibility index (Phi) is 3.83. The van der Waals surface area contributed by atoms with Gasteiger partial charge in [0.1, 0.15) is 11.5 Å². The number of halogens is 1. The molecule has 1 atom stereocenters. The molecular weight excluding hydrogens is 253 g/mol. The van der Waals surface area contributed by atoms with E-state index in [2.05, 4.69) is 17.3 Å². The molecule has 106 valence electrons. The number of nitrogens with one attached hydrogen (secondary N) is 1. The van der Waals surface area contributed by atoms with Gasteiger partial charge >= 0.3 is 0 Å². The molecular formula is C16H20FN3. The number of rotatable bonds is 3. The molecule has 0 spiro atoms. The van der Waals surface area contributed by atoms with Gasteiger partial charge < -0.3 is 5.32 Å². The number of hydrogen-bond acceptors (Lipinski definition) is 2. The molecule has 2 aromatic rings. The van der Waals surface area contributed by atoms with Crippen molar-refractivity contribution < 1.29 is 4.39 Å². The number of aromatic nitrogens is 2. The first-order valence-electron chi connectivity index (χ1n) is 7.36. The van der Waals surface area contributed by atoms with Crippen LogP contribution in [0, 0.1) is 5.82 Å². The van der Waals surface area contributed by atoms with Gasteiger partial charge in [-0.3, -0.25) is 0 Å². The van der Waals surface area contributed by atoms with Crippen LogP contribution >= 0.6 is 0 Å². The van der Waals surface area contributed by atoms with E-state index in [0.717, 1.165) is 31.5 Å². The zero-order valence-electron chi connectivity index (χ0n) is 11.8. The lowest BCUT2D eigenvalue weighted by Gasteiger charge is -2.15. The van der Waals surface area contributed by atoms with Gasteiger partial charge in [-0.15, -0.1) is 0 Å². The van der Waals surface area contributed by atoms with Crippen molar-refractivity contribution in [3.05, 3.63) is 47.5 Å². The van der Waals surface area contributed by atoms with Crippen LogP contribution in [0.2, 0.25) is 0 Å². The molecule has 1 unspecified atom stereocenters. The van der Waals surface area contributed by atoms with Gasteiger partial charge in [0.2, 0.25) is 0 Å². The van der Waals surface area contributed by atoms with E-state index >= 15 is 0 Å². The third-order valence-electron chi connectivity index (χ3n) is 3.96. The molecule has 3 nitrogen and oxygen atoms in total. The maximum atomic E-state index is 14.0. The molecule has 1 aliphatic rings. The maximum Gasteiger partial charge on any atom is 0.148 e. The second kappa shape index (κ2) is 5.75.